The Bertz CT molecular complexity index is 1210. The molecule has 1 aliphatic carbocycles. The number of rotatable bonds is 7. The number of anilines is 1. The summed E-state index contributed by atoms with van der Waals surface area (Å²) >= 11 is 0. The summed E-state index contributed by atoms with van der Waals surface area (Å²) < 4.78 is 21.4. The van der Waals surface area contributed by atoms with E-state index in [1.54, 1.807) is 12.1 Å². The molecule has 1 atom stereocenters. The fourth-order valence-corrected chi connectivity index (χ4v) is 4.35. The Morgan fingerprint density at radius 1 is 1.06 bits per heavy atom. The minimum absolute atomic E-state index is 0.401. The van der Waals surface area contributed by atoms with Crippen LogP contribution in [0.5, 0.6) is 17.2 Å². The van der Waals surface area contributed by atoms with Gasteiger partial charge in [0.2, 0.25) is 5.75 Å². The molecule has 0 spiro atoms. The number of carbonyl (C=O) groups excluding carboxylic acids is 2. The molecule has 2 aromatic carbocycles. The molecule has 0 saturated carbocycles. The van der Waals surface area contributed by atoms with Crippen LogP contribution in [0.1, 0.15) is 35.0 Å². The van der Waals surface area contributed by atoms with Crippen LogP contribution >= 0.6 is 0 Å². The third-order valence-corrected chi connectivity index (χ3v) is 5.99. The molecular weight excluding hydrogens is 436 g/mol. The molecule has 1 amide bonds. The Labute approximate surface area is 198 Å². The molecule has 0 aliphatic heterocycles. The average molecular weight is 465 g/mol. The van der Waals surface area contributed by atoms with Crippen LogP contribution in [0.15, 0.2) is 36.4 Å². The quantitative estimate of drug-likeness (QED) is 0.524. The number of pyridine rings is 1. The highest BCUT2D eigenvalue weighted by Gasteiger charge is 2.26. The highest BCUT2D eigenvalue weighted by atomic mass is 16.5. The van der Waals surface area contributed by atoms with Crippen molar-refractivity contribution in [2.45, 2.75) is 26.2 Å². The first kappa shape index (κ1) is 23.4. The van der Waals surface area contributed by atoms with E-state index in [0.29, 0.717) is 34.4 Å². The van der Waals surface area contributed by atoms with Gasteiger partial charge in [0.15, 0.2) is 18.1 Å². The van der Waals surface area contributed by atoms with Gasteiger partial charge in [0.1, 0.15) is 0 Å². The van der Waals surface area contributed by atoms with Gasteiger partial charge in [-0.3, -0.25) is 9.78 Å². The molecule has 0 saturated heterocycles. The Balaban J connectivity index is 1.54. The first-order chi connectivity index (χ1) is 16.4. The molecule has 8 heteroatoms. The van der Waals surface area contributed by atoms with Gasteiger partial charge in [-0.25, -0.2) is 4.79 Å². The Hall–Kier alpha value is -3.81. The molecule has 34 heavy (non-hydrogen) atoms. The van der Waals surface area contributed by atoms with E-state index in [4.69, 9.17) is 23.9 Å². The van der Waals surface area contributed by atoms with E-state index in [1.807, 2.05) is 24.3 Å². The maximum Gasteiger partial charge on any atom is 0.339 e. The number of hydrogen-bond acceptors (Lipinski definition) is 7. The molecule has 1 N–H and O–H groups in total. The summed E-state index contributed by atoms with van der Waals surface area (Å²) in [6, 6.07) is 10.7. The Kier molecular flexibility index (Phi) is 6.86. The monoisotopic (exact) mass is 464 g/mol. The zero-order valence-corrected chi connectivity index (χ0v) is 19.8. The Morgan fingerprint density at radius 2 is 1.76 bits per heavy atom. The molecule has 0 radical (unpaired) electrons. The van der Waals surface area contributed by atoms with Crippen LogP contribution in [0.2, 0.25) is 0 Å². The SMILES string of the molecule is COc1cc(NC(=O)COC(=O)c2c3c(nc4ccccc24)CCC(C)C3)cc(OC)c1OC. The third-order valence-electron chi connectivity index (χ3n) is 5.99. The summed E-state index contributed by atoms with van der Waals surface area (Å²) in [6.07, 6.45) is 2.61. The number of aryl methyl sites for hydroxylation is 1. The molecule has 1 unspecified atom stereocenters. The smallest absolute Gasteiger partial charge is 0.339 e. The van der Waals surface area contributed by atoms with Gasteiger partial charge < -0.3 is 24.3 Å². The largest absolute Gasteiger partial charge is 0.493 e. The van der Waals surface area contributed by atoms with Crippen molar-refractivity contribution in [3.8, 4) is 17.2 Å². The number of esters is 1. The first-order valence-corrected chi connectivity index (χ1v) is 11.1. The molecule has 8 nitrogen and oxygen atoms in total. The number of methoxy groups -OCH3 is 3. The van der Waals surface area contributed by atoms with Gasteiger partial charge in [-0.05, 0) is 36.8 Å². The van der Waals surface area contributed by atoms with E-state index >= 15 is 0 Å². The lowest BCUT2D eigenvalue weighted by molar-refractivity contribution is -0.119. The third kappa shape index (κ3) is 4.62. The predicted molar refractivity (Wildman–Crippen MR) is 128 cm³/mol. The summed E-state index contributed by atoms with van der Waals surface area (Å²) in [7, 11) is 4.48. The molecule has 4 rings (SSSR count). The number of nitrogens with one attached hydrogen (secondary N) is 1. The maximum absolute atomic E-state index is 13.2. The van der Waals surface area contributed by atoms with Gasteiger partial charge in [0.25, 0.3) is 5.91 Å². The molecule has 1 heterocycles. The second-order valence-corrected chi connectivity index (χ2v) is 8.32. The van der Waals surface area contributed by atoms with Gasteiger partial charge >= 0.3 is 5.97 Å². The van der Waals surface area contributed by atoms with E-state index in [2.05, 4.69) is 12.2 Å². The standard InChI is InChI=1S/C26H28N2O6/c1-15-9-10-20-18(11-15)24(17-7-5-6-8-19(17)28-20)26(30)34-14-23(29)27-16-12-21(31-2)25(33-4)22(13-16)32-3/h5-8,12-13,15H,9-11,14H2,1-4H3,(H,27,29). The highest BCUT2D eigenvalue weighted by molar-refractivity contribution is 6.06. The van der Waals surface area contributed by atoms with Gasteiger partial charge in [0, 0.05) is 28.9 Å². The van der Waals surface area contributed by atoms with Gasteiger partial charge in [-0.1, -0.05) is 25.1 Å². The van der Waals surface area contributed by atoms with Crippen LogP contribution in [0.4, 0.5) is 5.69 Å². The number of fused-ring (bicyclic) bond motifs is 2. The van der Waals surface area contributed by atoms with Crippen molar-refractivity contribution in [2.75, 3.05) is 33.3 Å². The summed E-state index contributed by atoms with van der Waals surface area (Å²) in [5.74, 6) is 0.659. The van der Waals surface area contributed by atoms with Gasteiger partial charge in [-0.15, -0.1) is 0 Å². The van der Waals surface area contributed by atoms with Crippen molar-refractivity contribution in [3.05, 3.63) is 53.2 Å². The number of aromatic nitrogens is 1. The predicted octanol–water partition coefficient (Wildman–Crippen LogP) is 4.18. The number of amides is 1. The van der Waals surface area contributed by atoms with Crippen LogP contribution in [-0.4, -0.2) is 44.8 Å². The van der Waals surface area contributed by atoms with E-state index in [9.17, 15) is 9.59 Å². The fraction of sp³-hybridized carbons (Fsp3) is 0.346. The van der Waals surface area contributed by atoms with E-state index in [0.717, 1.165) is 41.4 Å². The zero-order chi connectivity index (χ0) is 24.2. The van der Waals surface area contributed by atoms with Crippen molar-refractivity contribution in [1.82, 2.24) is 4.98 Å². The van der Waals surface area contributed by atoms with Crippen molar-refractivity contribution in [1.29, 1.82) is 0 Å². The van der Waals surface area contributed by atoms with Crippen LogP contribution in [0.3, 0.4) is 0 Å². The minimum atomic E-state index is -0.524. The second kappa shape index (κ2) is 9.99. The van der Waals surface area contributed by atoms with E-state index < -0.39 is 18.5 Å². The lowest BCUT2D eigenvalue weighted by Gasteiger charge is -2.24. The first-order valence-electron chi connectivity index (χ1n) is 11.1. The van der Waals surface area contributed by atoms with Crippen molar-refractivity contribution in [2.24, 2.45) is 5.92 Å². The van der Waals surface area contributed by atoms with Crippen molar-refractivity contribution < 1.29 is 28.5 Å². The normalized spacial score (nSPS) is 14.8. The molecule has 0 fully saturated rings. The summed E-state index contributed by atoms with van der Waals surface area (Å²) in [5.41, 5.74) is 3.55. The van der Waals surface area contributed by atoms with Crippen molar-refractivity contribution in [3.63, 3.8) is 0 Å². The fourth-order valence-electron chi connectivity index (χ4n) is 4.35. The van der Waals surface area contributed by atoms with E-state index in [-0.39, 0.29) is 0 Å². The van der Waals surface area contributed by atoms with Crippen molar-refractivity contribution >= 4 is 28.5 Å². The number of hydrogen-bond donors (Lipinski definition) is 1. The van der Waals surface area contributed by atoms with Crippen LogP contribution in [0.25, 0.3) is 10.9 Å². The number of benzene rings is 2. The average Bonchev–Trinajstić information content (AvgIpc) is 2.85. The second-order valence-electron chi connectivity index (χ2n) is 8.32. The van der Waals surface area contributed by atoms with Gasteiger partial charge in [-0.2, -0.15) is 0 Å². The summed E-state index contributed by atoms with van der Waals surface area (Å²) in [5, 5.41) is 3.45. The number of carbonyl (C=O) groups is 2. The number of nitrogens with zero attached hydrogens (tertiary/aromatic N) is 1. The Morgan fingerprint density at radius 3 is 2.44 bits per heavy atom. The maximum atomic E-state index is 13.2. The van der Waals surface area contributed by atoms with Crippen LogP contribution in [-0.2, 0) is 22.4 Å². The topological polar surface area (TPSA) is 96.0 Å². The highest BCUT2D eigenvalue weighted by Crippen LogP contribution is 2.40. The number of para-hydroxylation sites is 1. The summed E-state index contributed by atoms with van der Waals surface area (Å²) in [6.45, 7) is 1.73. The molecule has 0 bridgehead atoms. The number of ether oxygens (including phenoxy) is 4. The molecule has 1 aromatic heterocycles. The van der Waals surface area contributed by atoms with Crippen LogP contribution < -0.4 is 19.5 Å². The lowest BCUT2D eigenvalue weighted by atomic mass is 9.84. The van der Waals surface area contributed by atoms with Crippen LogP contribution in [0, 0.1) is 5.92 Å². The zero-order valence-electron chi connectivity index (χ0n) is 19.8. The molecule has 1 aliphatic rings. The lowest BCUT2D eigenvalue weighted by Crippen LogP contribution is -2.23. The molecule has 3 aromatic rings. The molecule has 178 valence electrons. The van der Waals surface area contributed by atoms with E-state index in [1.165, 1.54) is 21.3 Å². The van der Waals surface area contributed by atoms with Gasteiger partial charge in [0.05, 0.1) is 32.4 Å². The summed E-state index contributed by atoms with van der Waals surface area (Å²) in [4.78, 5) is 30.6. The minimum Gasteiger partial charge on any atom is -0.493 e. The molecular formula is C26H28N2O6.